The fourth-order valence-corrected chi connectivity index (χ4v) is 9.86. The van der Waals surface area contributed by atoms with Gasteiger partial charge in [-0.05, 0) is 65.7 Å². The van der Waals surface area contributed by atoms with E-state index < -0.39 is 8.07 Å². The van der Waals surface area contributed by atoms with E-state index in [4.69, 9.17) is 15.0 Å². The molecule has 3 heterocycles. The molecule has 0 unspecified atom stereocenters. The number of para-hydroxylation sites is 2. The Morgan fingerprint density at radius 3 is 1.43 bits per heavy atom. The molecule has 0 saturated heterocycles. The highest BCUT2D eigenvalue weighted by atomic mass is 28.3. The van der Waals surface area contributed by atoms with Gasteiger partial charge in [0.25, 0.3) is 0 Å². The van der Waals surface area contributed by atoms with Crippen LogP contribution in [0.25, 0.3) is 100 Å². The zero-order valence-electron chi connectivity index (χ0n) is 33.7. The molecule has 0 bridgehead atoms. The number of nitrogens with zero attached hydrogens (tertiary/aromatic N) is 5. The average molecular weight is 788 g/mol. The summed E-state index contributed by atoms with van der Waals surface area (Å²) < 4.78 is 4.79. The Balaban J connectivity index is 1.05. The Morgan fingerprint density at radius 1 is 0.317 bits per heavy atom. The molecule has 0 aliphatic carbocycles. The molecule has 0 amide bonds. The van der Waals surface area contributed by atoms with Crippen LogP contribution in [0.5, 0.6) is 0 Å². The summed E-state index contributed by atoms with van der Waals surface area (Å²) >= 11 is 0. The molecule has 286 valence electrons. The van der Waals surface area contributed by atoms with Gasteiger partial charge < -0.3 is 9.13 Å². The molecule has 3 aromatic heterocycles. The maximum atomic E-state index is 5.05. The van der Waals surface area contributed by atoms with E-state index in [2.05, 4.69) is 162 Å². The number of fused-ring (bicyclic) bond motifs is 6. The molecular formula is C54H41N5Si. The summed E-state index contributed by atoms with van der Waals surface area (Å²) in [5.74, 6) is 1.92. The zero-order valence-corrected chi connectivity index (χ0v) is 34.7. The van der Waals surface area contributed by atoms with Crippen LogP contribution in [-0.4, -0.2) is 32.2 Å². The number of benzene rings is 8. The maximum Gasteiger partial charge on any atom is 0.164 e. The third-order valence-electron chi connectivity index (χ3n) is 11.7. The van der Waals surface area contributed by atoms with Crippen molar-refractivity contribution in [2.45, 2.75) is 19.6 Å². The van der Waals surface area contributed by atoms with Crippen LogP contribution in [0.3, 0.4) is 0 Å². The summed E-state index contributed by atoms with van der Waals surface area (Å²) in [5.41, 5.74) is 12.1. The van der Waals surface area contributed by atoms with E-state index in [-0.39, 0.29) is 0 Å². The maximum absolute atomic E-state index is 5.05. The summed E-state index contributed by atoms with van der Waals surface area (Å²) in [7, 11) is -1.42. The largest absolute Gasteiger partial charge is 0.309 e. The lowest BCUT2D eigenvalue weighted by molar-refractivity contribution is 1.07. The quantitative estimate of drug-likeness (QED) is 0.151. The van der Waals surface area contributed by atoms with Crippen LogP contribution in [0.1, 0.15) is 0 Å². The Labute approximate surface area is 349 Å². The molecule has 0 N–H and O–H groups in total. The molecule has 0 fully saturated rings. The predicted molar refractivity (Wildman–Crippen MR) is 253 cm³/mol. The predicted octanol–water partition coefficient (Wildman–Crippen LogP) is 13.3. The molecule has 11 aromatic rings. The standard InChI is InChI=1S/C54H41N5Si/c1-60(2,3)43-29-27-41(28-30-43)58-49-24-13-11-22-45(49)47-34-38(26-32-50(47)58)39-25-31-46-44-21-10-12-23-48(44)59(51(46)35-39)42-20-14-19-40(33-42)54-56-52(36-15-6-4-7-16-36)55-53(57-54)37-17-8-5-9-18-37/h4-35H,1-3H3. The van der Waals surface area contributed by atoms with E-state index in [9.17, 15) is 0 Å². The van der Waals surface area contributed by atoms with Crippen molar-refractivity contribution in [2.75, 3.05) is 0 Å². The Hall–Kier alpha value is -7.41. The summed E-state index contributed by atoms with van der Waals surface area (Å²) in [6, 6.07) is 69.4. The molecule has 0 aliphatic rings. The molecule has 0 atom stereocenters. The third-order valence-corrected chi connectivity index (χ3v) is 13.8. The first-order valence-corrected chi connectivity index (χ1v) is 24.0. The van der Waals surface area contributed by atoms with E-state index in [0.29, 0.717) is 17.5 Å². The van der Waals surface area contributed by atoms with Gasteiger partial charge in [-0.15, -0.1) is 0 Å². The smallest absolute Gasteiger partial charge is 0.164 e. The van der Waals surface area contributed by atoms with Crippen LogP contribution in [0, 0.1) is 0 Å². The molecule has 8 aromatic carbocycles. The second-order valence-corrected chi connectivity index (χ2v) is 21.6. The average Bonchev–Trinajstić information content (AvgIpc) is 3.81. The topological polar surface area (TPSA) is 48.5 Å². The highest BCUT2D eigenvalue weighted by molar-refractivity contribution is 6.88. The minimum Gasteiger partial charge on any atom is -0.309 e. The number of hydrogen-bond acceptors (Lipinski definition) is 3. The van der Waals surface area contributed by atoms with Crippen molar-refractivity contribution in [3.63, 3.8) is 0 Å². The fourth-order valence-electron chi connectivity index (χ4n) is 8.69. The highest BCUT2D eigenvalue weighted by Gasteiger charge is 2.19. The van der Waals surface area contributed by atoms with Crippen molar-refractivity contribution in [3.8, 4) is 56.7 Å². The molecule has 0 aliphatic heterocycles. The molecular weight excluding hydrogens is 747 g/mol. The first-order valence-electron chi connectivity index (χ1n) is 20.5. The lowest BCUT2D eigenvalue weighted by Gasteiger charge is -2.17. The van der Waals surface area contributed by atoms with Crippen molar-refractivity contribution in [3.05, 3.63) is 194 Å². The van der Waals surface area contributed by atoms with Crippen molar-refractivity contribution >= 4 is 56.9 Å². The lowest BCUT2D eigenvalue weighted by Crippen LogP contribution is -2.37. The second-order valence-electron chi connectivity index (χ2n) is 16.6. The van der Waals surface area contributed by atoms with Crippen LogP contribution < -0.4 is 5.19 Å². The molecule has 0 radical (unpaired) electrons. The summed E-state index contributed by atoms with van der Waals surface area (Å²) in [6.45, 7) is 7.20. The summed E-state index contributed by atoms with van der Waals surface area (Å²) in [5, 5.41) is 6.37. The van der Waals surface area contributed by atoms with E-state index in [1.54, 1.807) is 0 Å². The van der Waals surface area contributed by atoms with Gasteiger partial charge in [-0.2, -0.15) is 0 Å². The Kier molecular flexibility index (Phi) is 8.43. The van der Waals surface area contributed by atoms with Crippen LogP contribution >= 0.6 is 0 Å². The fraction of sp³-hybridized carbons (Fsp3) is 0.0556. The number of rotatable bonds is 7. The molecule has 0 spiro atoms. The van der Waals surface area contributed by atoms with Gasteiger partial charge in [0.2, 0.25) is 0 Å². The van der Waals surface area contributed by atoms with Crippen molar-refractivity contribution < 1.29 is 0 Å². The van der Waals surface area contributed by atoms with Gasteiger partial charge in [0.05, 0.1) is 30.1 Å². The van der Waals surface area contributed by atoms with Gasteiger partial charge in [-0.1, -0.05) is 164 Å². The first-order chi connectivity index (χ1) is 29.4. The van der Waals surface area contributed by atoms with Crippen LogP contribution in [0.4, 0.5) is 0 Å². The minimum absolute atomic E-state index is 0.630. The first kappa shape index (κ1) is 35.7. The van der Waals surface area contributed by atoms with Crippen LogP contribution in [0.2, 0.25) is 19.6 Å². The van der Waals surface area contributed by atoms with E-state index >= 15 is 0 Å². The molecule has 5 nitrogen and oxygen atoms in total. The van der Waals surface area contributed by atoms with E-state index in [0.717, 1.165) is 33.4 Å². The van der Waals surface area contributed by atoms with Gasteiger partial charge >= 0.3 is 0 Å². The van der Waals surface area contributed by atoms with E-state index in [1.165, 1.54) is 54.6 Å². The van der Waals surface area contributed by atoms with Gasteiger partial charge in [0, 0.05) is 49.6 Å². The Morgan fingerprint density at radius 2 is 0.800 bits per heavy atom. The van der Waals surface area contributed by atoms with Crippen LogP contribution in [-0.2, 0) is 0 Å². The molecule has 60 heavy (non-hydrogen) atoms. The number of aromatic nitrogens is 5. The normalized spacial score (nSPS) is 11.9. The molecule has 6 heteroatoms. The monoisotopic (exact) mass is 787 g/mol. The van der Waals surface area contributed by atoms with Gasteiger partial charge in [0.1, 0.15) is 0 Å². The second kappa shape index (κ2) is 14.2. The van der Waals surface area contributed by atoms with Gasteiger partial charge in [-0.25, -0.2) is 15.0 Å². The molecule has 11 rings (SSSR count). The zero-order chi connectivity index (χ0) is 40.4. The Bertz CT molecular complexity index is 3340. The highest BCUT2D eigenvalue weighted by Crippen LogP contribution is 2.39. The van der Waals surface area contributed by atoms with Crippen molar-refractivity contribution in [1.82, 2.24) is 24.1 Å². The summed E-state index contributed by atoms with van der Waals surface area (Å²) in [4.78, 5) is 15.0. The third kappa shape index (κ3) is 6.12. The SMILES string of the molecule is C[Si](C)(C)c1ccc(-n2c3ccccc3c3cc(-c4ccc5c6ccccc6n(-c6cccc(-c7nc(-c8ccccc8)nc(-c8ccccc8)n7)c6)c5c4)ccc32)cc1. The lowest BCUT2D eigenvalue weighted by atomic mass is 10.0. The van der Waals surface area contributed by atoms with E-state index in [1.807, 2.05) is 60.7 Å². The van der Waals surface area contributed by atoms with Gasteiger partial charge in [0.15, 0.2) is 17.5 Å². The van der Waals surface area contributed by atoms with Crippen LogP contribution in [0.15, 0.2) is 194 Å². The van der Waals surface area contributed by atoms with Gasteiger partial charge in [-0.3, -0.25) is 0 Å². The van der Waals surface area contributed by atoms with Crippen molar-refractivity contribution in [2.24, 2.45) is 0 Å². The summed E-state index contributed by atoms with van der Waals surface area (Å²) in [6.07, 6.45) is 0. The van der Waals surface area contributed by atoms with Crippen molar-refractivity contribution in [1.29, 1.82) is 0 Å². The minimum atomic E-state index is -1.42. The molecule has 0 saturated carbocycles. The number of hydrogen-bond donors (Lipinski definition) is 0.